The van der Waals surface area contributed by atoms with Gasteiger partial charge in [0, 0.05) is 37.9 Å². The molecule has 0 N–H and O–H groups in total. The van der Waals surface area contributed by atoms with Crippen LogP contribution in [0.15, 0.2) is 42.5 Å². The lowest BCUT2D eigenvalue weighted by Gasteiger charge is -2.24. The molecule has 0 unspecified atom stereocenters. The lowest BCUT2D eigenvalue weighted by atomic mass is 10.1. The predicted octanol–water partition coefficient (Wildman–Crippen LogP) is 4.13. The fourth-order valence-corrected chi connectivity index (χ4v) is 4.17. The van der Waals surface area contributed by atoms with E-state index in [0.717, 1.165) is 30.5 Å². The minimum Gasteiger partial charge on any atom is -0.497 e. The number of nitrogens with zero attached hydrogens (tertiary/aromatic N) is 4. The average molecular weight is 440 g/mol. The summed E-state index contributed by atoms with van der Waals surface area (Å²) in [6.07, 6.45) is 0.830. The Morgan fingerprint density at radius 1 is 1.00 bits per heavy atom. The molecule has 1 aromatic heterocycles. The number of hydrogen-bond acceptors (Lipinski definition) is 4. The molecule has 1 aliphatic heterocycles. The quantitative estimate of drug-likeness (QED) is 0.612. The number of ether oxygens (including phenoxy) is 1. The lowest BCUT2D eigenvalue weighted by molar-refractivity contribution is 0.0765. The molecule has 0 atom stereocenters. The third-order valence-corrected chi connectivity index (χ3v) is 5.86. The summed E-state index contributed by atoms with van der Waals surface area (Å²) in [5.74, 6) is -0.694. The minimum atomic E-state index is -0.723. The third-order valence-electron chi connectivity index (χ3n) is 5.86. The maximum Gasteiger partial charge on any atom is 0.257 e. The summed E-state index contributed by atoms with van der Waals surface area (Å²) in [5, 5.41) is 4.37. The first-order chi connectivity index (χ1) is 15.4. The van der Waals surface area contributed by atoms with Gasteiger partial charge in [0.1, 0.15) is 17.3 Å². The number of carbonyl (C=O) groups is 1. The number of benzene rings is 2. The maximum absolute atomic E-state index is 14.3. The Bertz CT molecular complexity index is 1130. The molecule has 1 saturated heterocycles. The van der Waals surface area contributed by atoms with Gasteiger partial charge >= 0.3 is 0 Å². The van der Waals surface area contributed by atoms with Gasteiger partial charge in [-0.3, -0.25) is 4.79 Å². The molecule has 0 spiro atoms. The van der Waals surface area contributed by atoms with Gasteiger partial charge in [-0.25, -0.2) is 13.5 Å². The second kappa shape index (κ2) is 8.98. The Morgan fingerprint density at radius 2 is 1.75 bits per heavy atom. The zero-order chi connectivity index (χ0) is 22.8. The number of aryl methyl sites for hydroxylation is 1. The van der Waals surface area contributed by atoms with E-state index in [1.54, 1.807) is 21.0 Å². The zero-order valence-corrected chi connectivity index (χ0v) is 18.4. The Hall–Kier alpha value is -3.42. The van der Waals surface area contributed by atoms with E-state index in [9.17, 15) is 13.6 Å². The van der Waals surface area contributed by atoms with E-state index >= 15 is 0 Å². The van der Waals surface area contributed by atoms with Gasteiger partial charge in [-0.15, -0.1) is 0 Å². The molecule has 0 aliphatic carbocycles. The van der Waals surface area contributed by atoms with Crippen LogP contribution < -0.4 is 9.64 Å². The van der Waals surface area contributed by atoms with Crippen LogP contribution in [-0.2, 0) is 0 Å². The van der Waals surface area contributed by atoms with Crippen molar-refractivity contribution in [2.24, 2.45) is 0 Å². The van der Waals surface area contributed by atoms with Crippen molar-refractivity contribution in [2.75, 3.05) is 38.2 Å². The summed E-state index contributed by atoms with van der Waals surface area (Å²) < 4.78 is 34.2. The second-order valence-corrected chi connectivity index (χ2v) is 7.88. The molecule has 6 nitrogen and oxygen atoms in total. The summed E-state index contributed by atoms with van der Waals surface area (Å²) in [7, 11) is 1.64. The van der Waals surface area contributed by atoms with Gasteiger partial charge in [0.25, 0.3) is 5.91 Å². The molecular weight excluding hydrogens is 414 g/mol. The molecule has 4 rings (SSSR count). The molecule has 2 heterocycles. The standard InChI is InChI=1S/C24H26F2N4O2/c1-16-23(17(2)30(27-16)22-10-5-18(25)15-21(22)26)24(31)29-12-4-11-28(13-14-29)19-6-8-20(32-3)9-7-19/h5-10,15H,4,11-14H2,1-3H3. The van der Waals surface area contributed by atoms with Crippen LogP contribution in [-0.4, -0.2) is 53.9 Å². The number of hydrogen-bond donors (Lipinski definition) is 0. The van der Waals surface area contributed by atoms with Gasteiger partial charge < -0.3 is 14.5 Å². The van der Waals surface area contributed by atoms with Crippen LogP contribution in [0.3, 0.4) is 0 Å². The first kappa shape index (κ1) is 21.8. The van der Waals surface area contributed by atoms with Gasteiger partial charge in [-0.1, -0.05) is 0 Å². The highest BCUT2D eigenvalue weighted by Gasteiger charge is 2.27. The number of methoxy groups -OCH3 is 1. The van der Waals surface area contributed by atoms with Gasteiger partial charge in [0.05, 0.1) is 24.1 Å². The molecule has 32 heavy (non-hydrogen) atoms. The molecule has 3 aromatic rings. The number of halogens is 2. The van der Waals surface area contributed by atoms with E-state index in [2.05, 4.69) is 10.00 Å². The molecule has 168 valence electrons. The normalized spacial score (nSPS) is 14.4. The molecule has 8 heteroatoms. The van der Waals surface area contributed by atoms with Crippen LogP contribution >= 0.6 is 0 Å². The van der Waals surface area contributed by atoms with Crippen molar-refractivity contribution in [3.63, 3.8) is 0 Å². The van der Waals surface area contributed by atoms with Gasteiger partial charge in [-0.05, 0) is 56.7 Å². The highest BCUT2D eigenvalue weighted by molar-refractivity contribution is 5.96. The molecule has 2 aromatic carbocycles. The molecule has 1 aliphatic rings. The Kier molecular flexibility index (Phi) is 6.12. The zero-order valence-electron chi connectivity index (χ0n) is 18.4. The predicted molar refractivity (Wildman–Crippen MR) is 119 cm³/mol. The number of carbonyl (C=O) groups excluding carboxylic acids is 1. The highest BCUT2D eigenvalue weighted by Crippen LogP contribution is 2.24. The van der Waals surface area contributed by atoms with Crippen LogP contribution in [0.5, 0.6) is 5.75 Å². The fraction of sp³-hybridized carbons (Fsp3) is 0.333. The van der Waals surface area contributed by atoms with Crippen molar-refractivity contribution < 1.29 is 18.3 Å². The Balaban J connectivity index is 1.53. The summed E-state index contributed by atoms with van der Waals surface area (Å²) in [4.78, 5) is 17.5. The van der Waals surface area contributed by atoms with Crippen molar-refractivity contribution >= 4 is 11.6 Å². The molecule has 1 fully saturated rings. The van der Waals surface area contributed by atoms with Gasteiger partial charge in [0.2, 0.25) is 0 Å². The molecule has 0 radical (unpaired) electrons. The third kappa shape index (κ3) is 4.17. The van der Waals surface area contributed by atoms with Gasteiger partial charge in [-0.2, -0.15) is 5.10 Å². The number of anilines is 1. The monoisotopic (exact) mass is 440 g/mol. The largest absolute Gasteiger partial charge is 0.497 e. The van der Waals surface area contributed by atoms with Gasteiger partial charge in [0.15, 0.2) is 5.82 Å². The van der Waals surface area contributed by atoms with Crippen molar-refractivity contribution in [2.45, 2.75) is 20.3 Å². The SMILES string of the molecule is COc1ccc(N2CCCN(C(=O)c3c(C)nn(-c4ccc(F)cc4F)c3C)CC2)cc1. The molecule has 1 amide bonds. The number of amides is 1. The topological polar surface area (TPSA) is 50.6 Å². The van der Waals surface area contributed by atoms with E-state index in [4.69, 9.17) is 4.74 Å². The molecular formula is C24H26F2N4O2. The first-order valence-electron chi connectivity index (χ1n) is 10.6. The average Bonchev–Trinajstić information content (AvgIpc) is 2.95. The van der Waals surface area contributed by atoms with E-state index in [1.165, 1.54) is 16.8 Å². The summed E-state index contributed by atoms with van der Waals surface area (Å²) in [6.45, 7) is 6.21. The van der Waals surface area contributed by atoms with Crippen LogP contribution in [0, 0.1) is 25.5 Å². The minimum absolute atomic E-state index is 0.118. The van der Waals surface area contributed by atoms with Crippen molar-refractivity contribution in [1.29, 1.82) is 0 Å². The van der Waals surface area contributed by atoms with Crippen LogP contribution in [0.1, 0.15) is 28.2 Å². The number of rotatable bonds is 4. The van der Waals surface area contributed by atoms with Crippen molar-refractivity contribution in [3.05, 3.63) is 71.1 Å². The molecule has 0 bridgehead atoms. The van der Waals surface area contributed by atoms with Crippen LogP contribution in [0.2, 0.25) is 0 Å². The van der Waals surface area contributed by atoms with E-state index < -0.39 is 11.6 Å². The highest BCUT2D eigenvalue weighted by atomic mass is 19.1. The van der Waals surface area contributed by atoms with Crippen molar-refractivity contribution in [1.82, 2.24) is 14.7 Å². The van der Waals surface area contributed by atoms with E-state index in [1.807, 2.05) is 29.2 Å². The summed E-state index contributed by atoms with van der Waals surface area (Å²) >= 11 is 0. The van der Waals surface area contributed by atoms with Crippen LogP contribution in [0.4, 0.5) is 14.5 Å². The Labute approximate surface area is 186 Å². The number of aromatic nitrogens is 2. The van der Waals surface area contributed by atoms with E-state index in [-0.39, 0.29) is 11.6 Å². The smallest absolute Gasteiger partial charge is 0.257 e. The lowest BCUT2D eigenvalue weighted by Crippen LogP contribution is -2.35. The first-order valence-corrected chi connectivity index (χ1v) is 10.6. The maximum atomic E-state index is 14.3. The fourth-order valence-electron chi connectivity index (χ4n) is 4.17. The van der Waals surface area contributed by atoms with E-state index in [0.29, 0.717) is 36.6 Å². The van der Waals surface area contributed by atoms with Crippen LogP contribution in [0.25, 0.3) is 5.69 Å². The van der Waals surface area contributed by atoms with Crippen molar-refractivity contribution in [3.8, 4) is 11.4 Å². The molecule has 0 saturated carbocycles. The Morgan fingerprint density at radius 3 is 2.44 bits per heavy atom. The summed E-state index contributed by atoms with van der Waals surface area (Å²) in [5.41, 5.74) is 2.73. The second-order valence-electron chi connectivity index (χ2n) is 7.88. The summed E-state index contributed by atoms with van der Waals surface area (Å²) in [6, 6.07) is 11.2.